The average Bonchev–Trinajstić information content (AvgIpc) is 2.69. The SMILES string of the molecule is I.NC(=NCC1(c2ccccc2)CCOCC1)NCCc1ccccc1. The van der Waals surface area contributed by atoms with E-state index in [9.17, 15) is 0 Å². The lowest BCUT2D eigenvalue weighted by Crippen LogP contribution is -2.39. The molecule has 0 saturated carbocycles. The molecule has 1 aliphatic heterocycles. The van der Waals surface area contributed by atoms with Crippen LogP contribution in [0, 0.1) is 0 Å². The first-order valence-corrected chi connectivity index (χ1v) is 8.99. The molecule has 0 aromatic heterocycles. The van der Waals surface area contributed by atoms with Crippen LogP contribution in [0.1, 0.15) is 24.0 Å². The van der Waals surface area contributed by atoms with Gasteiger partial charge in [0.25, 0.3) is 0 Å². The van der Waals surface area contributed by atoms with Crippen LogP contribution in [0.2, 0.25) is 0 Å². The molecule has 140 valence electrons. The van der Waals surface area contributed by atoms with Crippen molar-refractivity contribution >= 4 is 29.9 Å². The quantitative estimate of drug-likeness (QED) is 0.390. The minimum atomic E-state index is 0. The van der Waals surface area contributed by atoms with Crippen molar-refractivity contribution in [1.29, 1.82) is 0 Å². The predicted molar refractivity (Wildman–Crippen MR) is 118 cm³/mol. The van der Waals surface area contributed by atoms with E-state index in [4.69, 9.17) is 10.5 Å². The number of hydrogen-bond acceptors (Lipinski definition) is 2. The number of halogens is 1. The number of hydrogen-bond donors (Lipinski definition) is 2. The Labute approximate surface area is 173 Å². The number of nitrogens with two attached hydrogens (primary N) is 1. The summed E-state index contributed by atoms with van der Waals surface area (Å²) in [4.78, 5) is 4.66. The fraction of sp³-hybridized carbons (Fsp3) is 0.381. The second kappa shape index (κ2) is 10.5. The van der Waals surface area contributed by atoms with Gasteiger partial charge in [0.05, 0.1) is 6.54 Å². The number of rotatable bonds is 6. The van der Waals surface area contributed by atoms with Crippen molar-refractivity contribution in [3.63, 3.8) is 0 Å². The molecular formula is C21H28IN3O. The average molecular weight is 465 g/mol. The van der Waals surface area contributed by atoms with Gasteiger partial charge in [-0.25, -0.2) is 0 Å². The van der Waals surface area contributed by atoms with Crippen molar-refractivity contribution in [2.24, 2.45) is 10.7 Å². The molecular weight excluding hydrogens is 437 g/mol. The summed E-state index contributed by atoms with van der Waals surface area (Å²) in [5.41, 5.74) is 8.76. The van der Waals surface area contributed by atoms with Gasteiger partial charge < -0.3 is 15.8 Å². The molecule has 5 heteroatoms. The maximum atomic E-state index is 6.10. The lowest BCUT2D eigenvalue weighted by molar-refractivity contribution is 0.0531. The summed E-state index contributed by atoms with van der Waals surface area (Å²) in [5.74, 6) is 0.526. The molecule has 1 aliphatic rings. The zero-order valence-electron chi connectivity index (χ0n) is 15.1. The van der Waals surface area contributed by atoms with E-state index in [-0.39, 0.29) is 29.4 Å². The van der Waals surface area contributed by atoms with Crippen LogP contribution in [-0.4, -0.2) is 32.3 Å². The standard InChI is InChI=1S/C21H27N3O.HI/c22-20(23-14-11-18-7-3-1-4-8-18)24-17-21(12-15-25-16-13-21)19-9-5-2-6-10-19;/h1-10H,11-17H2,(H3,22,23,24);1H. The van der Waals surface area contributed by atoms with Gasteiger partial charge in [-0.05, 0) is 30.4 Å². The third-order valence-corrected chi connectivity index (χ3v) is 4.95. The van der Waals surface area contributed by atoms with Crippen LogP contribution < -0.4 is 11.1 Å². The van der Waals surface area contributed by atoms with Gasteiger partial charge in [-0.3, -0.25) is 4.99 Å². The summed E-state index contributed by atoms with van der Waals surface area (Å²) in [6.45, 7) is 3.06. The molecule has 26 heavy (non-hydrogen) atoms. The Morgan fingerprint density at radius 1 is 1.00 bits per heavy atom. The molecule has 0 bridgehead atoms. The maximum absolute atomic E-state index is 6.10. The first-order valence-electron chi connectivity index (χ1n) is 8.99. The summed E-state index contributed by atoms with van der Waals surface area (Å²) in [6, 6.07) is 21.0. The highest BCUT2D eigenvalue weighted by Gasteiger charge is 2.34. The van der Waals surface area contributed by atoms with Crippen molar-refractivity contribution in [1.82, 2.24) is 5.32 Å². The minimum Gasteiger partial charge on any atom is -0.381 e. The van der Waals surface area contributed by atoms with Crippen molar-refractivity contribution in [3.8, 4) is 0 Å². The highest BCUT2D eigenvalue weighted by molar-refractivity contribution is 14.0. The number of nitrogens with one attached hydrogen (secondary N) is 1. The normalized spacial score (nSPS) is 16.5. The van der Waals surface area contributed by atoms with Crippen molar-refractivity contribution in [2.45, 2.75) is 24.7 Å². The van der Waals surface area contributed by atoms with Gasteiger partial charge in [-0.15, -0.1) is 24.0 Å². The summed E-state index contributed by atoms with van der Waals surface area (Å²) >= 11 is 0. The van der Waals surface area contributed by atoms with Gasteiger partial charge in [0.15, 0.2) is 5.96 Å². The van der Waals surface area contributed by atoms with Crippen LogP contribution in [0.3, 0.4) is 0 Å². The molecule has 1 heterocycles. The van der Waals surface area contributed by atoms with E-state index in [2.05, 4.69) is 64.9 Å². The van der Waals surface area contributed by atoms with Gasteiger partial charge in [0.2, 0.25) is 0 Å². The molecule has 2 aromatic rings. The molecule has 0 aliphatic carbocycles. The molecule has 0 amide bonds. The van der Waals surface area contributed by atoms with Crippen molar-refractivity contribution in [3.05, 3.63) is 71.8 Å². The fourth-order valence-electron chi connectivity index (χ4n) is 3.36. The molecule has 3 N–H and O–H groups in total. The van der Waals surface area contributed by atoms with Gasteiger partial charge in [0, 0.05) is 25.2 Å². The van der Waals surface area contributed by atoms with Crippen LogP contribution in [0.25, 0.3) is 0 Å². The Morgan fingerprint density at radius 3 is 2.27 bits per heavy atom. The van der Waals surface area contributed by atoms with Crippen LogP contribution in [0.15, 0.2) is 65.7 Å². The third kappa shape index (κ3) is 5.71. The van der Waals surface area contributed by atoms with E-state index >= 15 is 0 Å². The fourth-order valence-corrected chi connectivity index (χ4v) is 3.36. The molecule has 2 aromatic carbocycles. The molecule has 4 nitrogen and oxygen atoms in total. The maximum Gasteiger partial charge on any atom is 0.188 e. The van der Waals surface area contributed by atoms with Crippen molar-refractivity contribution < 1.29 is 4.74 Å². The zero-order valence-corrected chi connectivity index (χ0v) is 17.4. The first-order chi connectivity index (χ1) is 12.3. The monoisotopic (exact) mass is 465 g/mol. The summed E-state index contributed by atoms with van der Waals surface area (Å²) in [7, 11) is 0. The van der Waals surface area contributed by atoms with Gasteiger partial charge >= 0.3 is 0 Å². The van der Waals surface area contributed by atoms with Crippen LogP contribution in [0.5, 0.6) is 0 Å². The highest BCUT2D eigenvalue weighted by atomic mass is 127. The van der Waals surface area contributed by atoms with E-state index in [0.29, 0.717) is 12.5 Å². The van der Waals surface area contributed by atoms with E-state index in [1.165, 1.54) is 11.1 Å². The Bertz CT molecular complexity index is 670. The lowest BCUT2D eigenvalue weighted by atomic mass is 9.74. The number of aliphatic imine (C=N–C) groups is 1. The van der Waals surface area contributed by atoms with Crippen LogP contribution in [0.4, 0.5) is 0 Å². The lowest BCUT2D eigenvalue weighted by Gasteiger charge is -2.36. The number of ether oxygens (including phenoxy) is 1. The summed E-state index contributed by atoms with van der Waals surface area (Å²) in [5, 5.41) is 3.24. The van der Waals surface area contributed by atoms with Gasteiger partial charge in [-0.1, -0.05) is 60.7 Å². The van der Waals surface area contributed by atoms with E-state index in [0.717, 1.165) is 39.0 Å². The van der Waals surface area contributed by atoms with Crippen molar-refractivity contribution in [2.75, 3.05) is 26.3 Å². The predicted octanol–water partition coefficient (Wildman–Crippen LogP) is 3.50. The Morgan fingerprint density at radius 2 is 1.62 bits per heavy atom. The Hall–Kier alpha value is -1.60. The van der Waals surface area contributed by atoms with E-state index < -0.39 is 0 Å². The smallest absolute Gasteiger partial charge is 0.188 e. The first kappa shape index (κ1) is 20.7. The molecule has 1 fully saturated rings. The number of nitrogens with zero attached hydrogens (tertiary/aromatic N) is 1. The zero-order chi connectivity index (χ0) is 17.4. The summed E-state index contributed by atoms with van der Waals surface area (Å²) < 4.78 is 5.57. The van der Waals surface area contributed by atoms with E-state index in [1.54, 1.807) is 0 Å². The number of benzene rings is 2. The minimum absolute atomic E-state index is 0. The number of guanidine groups is 1. The third-order valence-electron chi connectivity index (χ3n) is 4.95. The van der Waals surface area contributed by atoms with Crippen LogP contribution in [-0.2, 0) is 16.6 Å². The molecule has 0 spiro atoms. The topological polar surface area (TPSA) is 59.6 Å². The largest absolute Gasteiger partial charge is 0.381 e. The molecule has 0 unspecified atom stereocenters. The van der Waals surface area contributed by atoms with E-state index in [1.807, 2.05) is 6.07 Å². The Kier molecular flexibility index (Phi) is 8.38. The molecule has 3 rings (SSSR count). The molecule has 0 radical (unpaired) electrons. The second-order valence-corrected chi connectivity index (χ2v) is 6.62. The highest BCUT2D eigenvalue weighted by Crippen LogP contribution is 2.35. The van der Waals surface area contributed by atoms with Crippen LogP contribution >= 0.6 is 24.0 Å². The van der Waals surface area contributed by atoms with Gasteiger partial charge in [0.1, 0.15) is 0 Å². The summed E-state index contributed by atoms with van der Waals surface area (Å²) in [6.07, 6.45) is 2.91. The second-order valence-electron chi connectivity index (χ2n) is 6.62. The molecule has 1 saturated heterocycles. The Balaban J connectivity index is 0.00000243. The molecule has 0 atom stereocenters. The van der Waals surface area contributed by atoms with Gasteiger partial charge in [-0.2, -0.15) is 0 Å².